The minimum absolute atomic E-state index is 0.148. The number of nitrogens with zero attached hydrogens (tertiary/aromatic N) is 3. The molecule has 148 valence electrons. The van der Waals surface area contributed by atoms with E-state index in [9.17, 15) is 9.18 Å². The quantitative estimate of drug-likeness (QED) is 0.813. The molecule has 0 spiro atoms. The maximum atomic E-state index is 13.1. The summed E-state index contributed by atoms with van der Waals surface area (Å²) in [4.78, 5) is 19.7. The lowest BCUT2D eigenvalue weighted by molar-refractivity contribution is 0.0563. The molecule has 4 rings (SSSR count). The molecule has 2 heterocycles. The number of amides is 1. The van der Waals surface area contributed by atoms with Crippen LogP contribution in [0.4, 0.5) is 10.1 Å². The number of carbonyl (C=O) groups excluding carboxylic acids is 1. The monoisotopic (exact) mass is 381 g/mol. The number of carbonyl (C=O) groups is 1. The number of benzene rings is 2. The van der Waals surface area contributed by atoms with Crippen molar-refractivity contribution in [2.24, 2.45) is 0 Å². The first-order valence-corrected chi connectivity index (χ1v) is 10.2. The maximum absolute atomic E-state index is 13.1. The van der Waals surface area contributed by atoms with Gasteiger partial charge in [0.1, 0.15) is 5.82 Å². The Balaban J connectivity index is 1.34. The predicted molar refractivity (Wildman–Crippen MR) is 110 cm³/mol. The number of piperazine rings is 1. The van der Waals surface area contributed by atoms with E-state index in [4.69, 9.17) is 0 Å². The molecule has 1 amide bonds. The van der Waals surface area contributed by atoms with Crippen molar-refractivity contribution in [1.82, 2.24) is 9.80 Å². The first-order valence-electron chi connectivity index (χ1n) is 10.2. The number of hydrogen-bond acceptors (Lipinski definition) is 3. The van der Waals surface area contributed by atoms with E-state index >= 15 is 0 Å². The van der Waals surface area contributed by atoms with Gasteiger partial charge in [-0.1, -0.05) is 17.7 Å². The Morgan fingerprint density at radius 2 is 1.61 bits per heavy atom. The van der Waals surface area contributed by atoms with E-state index in [0.717, 1.165) is 63.4 Å². The summed E-state index contributed by atoms with van der Waals surface area (Å²) in [7, 11) is 0. The molecule has 2 aliphatic heterocycles. The summed E-state index contributed by atoms with van der Waals surface area (Å²) >= 11 is 0. The van der Waals surface area contributed by atoms with Gasteiger partial charge in [-0.25, -0.2) is 4.39 Å². The summed E-state index contributed by atoms with van der Waals surface area (Å²) in [6, 6.07) is 15.1. The Morgan fingerprint density at radius 1 is 0.929 bits per heavy atom. The predicted octanol–water partition coefficient (Wildman–Crippen LogP) is 3.56. The van der Waals surface area contributed by atoms with E-state index in [1.54, 1.807) is 0 Å². The number of aryl methyl sites for hydroxylation is 1. The minimum Gasteiger partial charge on any atom is -0.369 e. The Bertz CT molecular complexity index is 798. The molecule has 5 heteroatoms. The van der Waals surface area contributed by atoms with Gasteiger partial charge in [0.05, 0.1) is 0 Å². The Labute approximate surface area is 166 Å². The molecule has 0 aromatic heterocycles. The van der Waals surface area contributed by atoms with Crippen molar-refractivity contribution in [3.63, 3.8) is 0 Å². The summed E-state index contributed by atoms with van der Waals surface area (Å²) in [6.45, 7) is 7.53. The number of anilines is 1. The molecule has 4 nitrogen and oxygen atoms in total. The van der Waals surface area contributed by atoms with Gasteiger partial charge >= 0.3 is 0 Å². The van der Waals surface area contributed by atoms with E-state index in [0.29, 0.717) is 6.04 Å². The van der Waals surface area contributed by atoms with E-state index in [-0.39, 0.29) is 11.7 Å². The Hall–Kier alpha value is -2.40. The third-order valence-corrected chi connectivity index (χ3v) is 6.00. The van der Waals surface area contributed by atoms with E-state index in [2.05, 4.69) is 9.80 Å². The molecular formula is C23H28FN3O. The molecule has 1 unspecified atom stereocenters. The van der Waals surface area contributed by atoms with Gasteiger partial charge in [-0.05, 0) is 56.2 Å². The van der Waals surface area contributed by atoms with Crippen LogP contribution >= 0.6 is 0 Å². The van der Waals surface area contributed by atoms with Gasteiger partial charge in [0, 0.05) is 56.6 Å². The number of rotatable bonds is 3. The van der Waals surface area contributed by atoms with Gasteiger partial charge in [-0.2, -0.15) is 0 Å². The highest BCUT2D eigenvalue weighted by molar-refractivity contribution is 5.94. The molecule has 0 radical (unpaired) electrons. The minimum atomic E-state index is -0.192. The smallest absolute Gasteiger partial charge is 0.253 e. The highest BCUT2D eigenvalue weighted by Crippen LogP contribution is 2.22. The molecule has 1 atom stereocenters. The highest BCUT2D eigenvalue weighted by atomic mass is 19.1. The zero-order chi connectivity index (χ0) is 19.5. The standard InChI is InChI=1S/C23H28FN3O/c1-18-4-6-19(7-5-18)23(28)27-12-2-3-22(17-27)26-15-13-25(14-16-26)21-10-8-20(24)9-11-21/h4-11,22H,2-3,12-17H2,1H3. The van der Waals surface area contributed by atoms with Crippen molar-refractivity contribution >= 4 is 11.6 Å². The van der Waals surface area contributed by atoms with Gasteiger partial charge in [-0.15, -0.1) is 0 Å². The van der Waals surface area contributed by atoms with Crippen LogP contribution in [0.25, 0.3) is 0 Å². The second kappa shape index (κ2) is 8.31. The average Bonchev–Trinajstić information content (AvgIpc) is 2.75. The van der Waals surface area contributed by atoms with Crippen molar-refractivity contribution in [2.45, 2.75) is 25.8 Å². The van der Waals surface area contributed by atoms with Crippen molar-refractivity contribution in [2.75, 3.05) is 44.2 Å². The topological polar surface area (TPSA) is 26.8 Å². The van der Waals surface area contributed by atoms with Crippen molar-refractivity contribution in [1.29, 1.82) is 0 Å². The zero-order valence-corrected chi connectivity index (χ0v) is 16.5. The van der Waals surface area contributed by atoms with Gasteiger partial charge < -0.3 is 9.80 Å². The van der Waals surface area contributed by atoms with Crippen LogP contribution in [-0.2, 0) is 0 Å². The molecular weight excluding hydrogens is 353 g/mol. The van der Waals surface area contributed by atoms with Crippen molar-refractivity contribution in [3.05, 3.63) is 65.5 Å². The summed E-state index contributed by atoms with van der Waals surface area (Å²) < 4.78 is 13.1. The molecule has 2 aromatic carbocycles. The SMILES string of the molecule is Cc1ccc(C(=O)N2CCCC(N3CCN(c4ccc(F)cc4)CC3)C2)cc1. The van der Waals surface area contributed by atoms with Crippen LogP contribution in [0.15, 0.2) is 48.5 Å². The molecule has 2 saturated heterocycles. The van der Waals surface area contributed by atoms with Gasteiger partial charge in [0.15, 0.2) is 0 Å². The fourth-order valence-corrected chi connectivity index (χ4v) is 4.31. The Kier molecular flexibility index (Phi) is 5.62. The summed E-state index contributed by atoms with van der Waals surface area (Å²) in [5, 5.41) is 0. The second-order valence-electron chi connectivity index (χ2n) is 7.91. The van der Waals surface area contributed by atoms with Crippen molar-refractivity contribution in [3.8, 4) is 0 Å². The molecule has 0 bridgehead atoms. The lowest BCUT2D eigenvalue weighted by Gasteiger charge is -2.44. The number of likely N-dealkylation sites (tertiary alicyclic amines) is 1. The Morgan fingerprint density at radius 3 is 2.29 bits per heavy atom. The number of hydrogen-bond donors (Lipinski definition) is 0. The lowest BCUT2D eigenvalue weighted by Crippen LogP contribution is -2.55. The second-order valence-corrected chi connectivity index (χ2v) is 7.91. The number of halogens is 1. The third kappa shape index (κ3) is 4.20. The number of piperidine rings is 1. The van der Waals surface area contributed by atoms with Crippen LogP contribution in [0.2, 0.25) is 0 Å². The van der Waals surface area contributed by atoms with Gasteiger partial charge in [0.2, 0.25) is 0 Å². The van der Waals surface area contributed by atoms with Crippen LogP contribution in [-0.4, -0.2) is 61.0 Å². The molecule has 0 aliphatic carbocycles. The van der Waals surface area contributed by atoms with E-state index in [1.165, 1.54) is 17.7 Å². The normalized spacial score (nSPS) is 21.0. The molecule has 2 aromatic rings. The summed E-state index contributed by atoms with van der Waals surface area (Å²) in [5.74, 6) is -0.0439. The summed E-state index contributed by atoms with van der Waals surface area (Å²) in [5.41, 5.74) is 3.04. The van der Waals surface area contributed by atoms with Crippen LogP contribution in [0.1, 0.15) is 28.8 Å². The summed E-state index contributed by atoms with van der Waals surface area (Å²) in [6.07, 6.45) is 2.20. The molecule has 0 saturated carbocycles. The largest absolute Gasteiger partial charge is 0.369 e. The molecule has 2 aliphatic rings. The fourth-order valence-electron chi connectivity index (χ4n) is 4.31. The zero-order valence-electron chi connectivity index (χ0n) is 16.5. The highest BCUT2D eigenvalue weighted by Gasteiger charge is 2.30. The maximum Gasteiger partial charge on any atom is 0.253 e. The van der Waals surface area contributed by atoms with Crippen LogP contribution in [0.3, 0.4) is 0 Å². The van der Waals surface area contributed by atoms with Gasteiger partial charge in [-0.3, -0.25) is 9.69 Å². The lowest BCUT2D eigenvalue weighted by atomic mass is 10.0. The van der Waals surface area contributed by atoms with Crippen molar-refractivity contribution < 1.29 is 9.18 Å². The fraction of sp³-hybridized carbons (Fsp3) is 0.435. The molecule has 2 fully saturated rings. The van der Waals surface area contributed by atoms with Crippen LogP contribution < -0.4 is 4.90 Å². The molecule has 28 heavy (non-hydrogen) atoms. The van der Waals surface area contributed by atoms with Crippen LogP contribution in [0.5, 0.6) is 0 Å². The van der Waals surface area contributed by atoms with Gasteiger partial charge in [0.25, 0.3) is 5.91 Å². The van der Waals surface area contributed by atoms with E-state index < -0.39 is 0 Å². The third-order valence-electron chi connectivity index (χ3n) is 6.00. The first-order chi connectivity index (χ1) is 13.6. The van der Waals surface area contributed by atoms with E-state index in [1.807, 2.05) is 48.2 Å². The van der Waals surface area contributed by atoms with Crippen LogP contribution in [0, 0.1) is 12.7 Å². The average molecular weight is 381 g/mol. The molecule has 0 N–H and O–H groups in total. The first kappa shape index (κ1) is 18.9.